The summed E-state index contributed by atoms with van der Waals surface area (Å²) >= 11 is 7.93. The summed E-state index contributed by atoms with van der Waals surface area (Å²) in [5.74, 6) is -0.687. The minimum atomic E-state index is -0.764. The molecule has 0 atom stereocenters. The highest BCUT2D eigenvalue weighted by Crippen LogP contribution is 2.51. The number of hydrogen-bond donors (Lipinski definition) is 2. The van der Waals surface area contributed by atoms with Crippen LogP contribution in [-0.4, -0.2) is 71.7 Å². The third kappa shape index (κ3) is 4.37. The lowest BCUT2D eigenvalue weighted by Crippen LogP contribution is -2.53. The van der Waals surface area contributed by atoms with Crippen molar-refractivity contribution in [2.24, 2.45) is 0 Å². The van der Waals surface area contributed by atoms with E-state index in [0.29, 0.717) is 43.6 Å². The number of amides is 1. The van der Waals surface area contributed by atoms with Gasteiger partial charge in [0.2, 0.25) is 6.41 Å². The van der Waals surface area contributed by atoms with Crippen LogP contribution >= 0.6 is 22.9 Å². The maximum Gasteiger partial charge on any atom is 0.319 e. The molecule has 0 spiro atoms. The predicted octanol–water partition coefficient (Wildman–Crippen LogP) is 5.38. The van der Waals surface area contributed by atoms with E-state index >= 15 is 4.39 Å². The molecule has 0 bridgehead atoms. The topological polar surface area (TPSA) is 130 Å². The average Bonchev–Trinajstić information content (AvgIpc) is 3.67. The monoisotopic (exact) mass is 665 g/mol. The second-order valence-electron chi connectivity index (χ2n) is 12.5. The number of halogens is 3. The molecular formula is C32H30ClF2N7O3S. The number of nitrogens with one attached hydrogen (secondary N) is 1. The van der Waals surface area contributed by atoms with Crippen LogP contribution in [0.2, 0.25) is 5.02 Å². The normalized spacial score (nSPS) is 21.8. The molecule has 5 heterocycles. The van der Waals surface area contributed by atoms with E-state index in [0.717, 1.165) is 50.1 Å². The summed E-state index contributed by atoms with van der Waals surface area (Å²) in [7, 11) is 0. The van der Waals surface area contributed by atoms with Crippen molar-refractivity contribution in [3.05, 3.63) is 34.4 Å². The minimum absolute atomic E-state index is 0.0157. The van der Waals surface area contributed by atoms with Crippen LogP contribution in [-0.2, 0) is 4.79 Å². The van der Waals surface area contributed by atoms with E-state index in [1.54, 1.807) is 0 Å². The highest BCUT2D eigenvalue weighted by atomic mass is 35.5. The molecule has 1 amide bonds. The molecule has 238 valence electrons. The van der Waals surface area contributed by atoms with Gasteiger partial charge in [-0.25, -0.2) is 8.78 Å². The largest absolute Gasteiger partial charge is 0.489 e. The number of nitrogens with zero attached hydrogens (tertiary/aromatic N) is 5. The first-order chi connectivity index (χ1) is 22.3. The van der Waals surface area contributed by atoms with Gasteiger partial charge in [-0.15, -0.1) is 11.3 Å². The molecule has 2 aromatic carbocycles. The van der Waals surface area contributed by atoms with E-state index < -0.39 is 11.6 Å². The van der Waals surface area contributed by atoms with E-state index in [-0.39, 0.29) is 78.3 Å². The van der Waals surface area contributed by atoms with E-state index in [9.17, 15) is 14.4 Å². The second-order valence-corrected chi connectivity index (χ2v) is 13.9. The van der Waals surface area contributed by atoms with Crippen LogP contribution in [0.1, 0.15) is 44.1 Å². The van der Waals surface area contributed by atoms with Crippen molar-refractivity contribution in [1.82, 2.24) is 20.2 Å². The Morgan fingerprint density at radius 1 is 1.22 bits per heavy atom. The molecule has 0 radical (unpaired) electrons. The van der Waals surface area contributed by atoms with Gasteiger partial charge in [-0.2, -0.15) is 15.2 Å². The predicted molar refractivity (Wildman–Crippen MR) is 172 cm³/mol. The van der Waals surface area contributed by atoms with Crippen molar-refractivity contribution in [3.63, 3.8) is 0 Å². The molecule has 0 unspecified atom stereocenters. The summed E-state index contributed by atoms with van der Waals surface area (Å²) < 4.78 is 44.7. The van der Waals surface area contributed by atoms with Crippen LogP contribution < -0.4 is 25.4 Å². The summed E-state index contributed by atoms with van der Waals surface area (Å²) in [6.45, 7) is 3.10. The van der Waals surface area contributed by atoms with Crippen molar-refractivity contribution in [2.45, 2.75) is 56.1 Å². The fraction of sp³-hybridized carbons (Fsp3) is 0.438. The molecule has 4 aliphatic rings. The Hall–Kier alpha value is -3.99. The van der Waals surface area contributed by atoms with Crippen LogP contribution in [0.4, 0.5) is 19.6 Å². The number of hydrogen-bond acceptors (Lipinski definition) is 10. The molecule has 2 saturated heterocycles. The van der Waals surface area contributed by atoms with Gasteiger partial charge < -0.3 is 25.4 Å². The average molecular weight is 666 g/mol. The van der Waals surface area contributed by atoms with Gasteiger partial charge in [-0.1, -0.05) is 17.7 Å². The fourth-order valence-corrected chi connectivity index (χ4v) is 9.11. The Kier molecular flexibility index (Phi) is 7.08. The molecule has 14 heteroatoms. The van der Waals surface area contributed by atoms with Crippen molar-refractivity contribution >= 4 is 61.2 Å². The first-order valence-electron chi connectivity index (χ1n) is 15.4. The number of nitriles is 1. The highest BCUT2D eigenvalue weighted by molar-refractivity contribution is 7.23. The van der Waals surface area contributed by atoms with Crippen LogP contribution in [0, 0.1) is 23.0 Å². The fourth-order valence-electron chi connectivity index (χ4n) is 7.83. The number of fused-ring (bicyclic) bond motifs is 2. The number of carbonyl (C=O) groups excluding carboxylic acids is 1. The Balaban J connectivity index is 1.32. The van der Waals surface area contributed by atoms with Gasteiger partial charge in [-0.05, 0) is 63.2 Å². The summed E-state index contributed by atoms with van der Waals surface area (Å²) in [4.78, 5) is 25.1. The number of rotatable bonds is 7. The standard InChI is InChI=1S/C32H30ClF2N7O3S/c33-24-22(18-3-4-20(34)28-21(18)19(13-36)29(37)46-28)25(35)26-23-27(24)44-10-9-42(17-11-16(12-17)38-15-43)30(23)40-31(39-26)45-14-32-5-1-7-41(32)8-2-6-32/h3-4,15-17H,1-2,5-12,14,37H2,(H,38,43). The molecule has 4 aromatic rings. The smallest absolute Gasteiger partial charge is 0.319 e. The van der Waals surface area contributed by atoms with Crippen molar-refractivity contribution in [1.29, 1.82) is 5.26 Å². The lowest BCUT2D eigenvalue weighted by atomic mass is 9.85. The lowest BCUT2D eigenvalue weighted by Gasteiger charge is -2.42. The Morgan fingerprint density at radius 2 is 2.00 bits per heavy atom. The first-order valence-corrected chi connectivity index (χ1v) is 16.6. The van der Waals surface area contributed by atoms with Crippen molar-refractivity contribution in [2.75, 3.05) is 43.5 Å². The van der Waals surface area contributed by atoms with Crippen LogP contribution in [0.15, 0.2) is 12.1 Å². The Labute approximate surface area is 272 Å². The molecule has 2 aromatic heterocycles. The number of carbonyl (C=O) groups is 1. The molecule has 1 aliphatic carbocycles. The number of ether oxygens (including phenoxy) is 2. The number of nitrogen functional groups attached to an aromatic ring is 1. The SMILES string of the molecule is N#Cc1c(N)sc2c(F)ccc(-c3c(Cl)c4c5c(nc(OCC67CCCN6CCC7)nc5c3F)N(C3CC(NC=O)C3)CCO4)c12. The number of aromatic nitrogens is 2. The minimum Gasteiger partial charge on any atom is -0.489 e. The van der Waals surface area contributed by atoms with Crippen LogP contribution in [0.5, 0.6) is 11.8 Å². The summed E-state index contributed by atoms with van der Waals surface area (Å²) in [5.41, 5.74) is 6.16. The number of anilines is 2. The molecular weight excluding hydrogens is 636 g/mol. The third-order valence-corrected chi connectivity index (χ3v) is 11.5. The van der Waals surface area contributed by atoms with E-state index in [1.165, 1.54) is 12.1 Å². The molecule has 1 saturated carbocycles. The van der Waals surface area contributed by atoms with Gasteiger partial charge in [-0.3, -0.25) is 9.69 Å². The van der Waals surface area contributed by atoms with E-state index in [2.05, 4.69) is 20.1 Å². The van der Waals surface area contributed by atoms with E-state index in [1.807, 2.05) is 6.07 Å². The molecule has 3 N–H and O–H groups in total. The number of thiophene rings is 1. The van der Waals surface area contributed by atoms with Crippen LogP contribution in [0.25, 0.3) is 32.1 Å². The van der Waals surface area contributed by atoms with Crippen molar-refractivity contribution in [3.8, 4) is 29.0 Å². The maximum atomic E-state index is 17.1. The zero-order valence-corrected chi connectivity index (χ0v) is 26.3. The zero-order chi connectivity index (χ0) is 31.7. The highest BCUT2D eigenvalue weighted by Gasteiger charge is 2.45. The Morgan fingerprint density at radius 3 is 2.74 bits per heavy atom. The zero-order valence-electron chi connectivity index (χ0n) is 24.7. The third-order valence-electron chi connectivity index (χ3n) is 10.1. The van der Waals surface area contributed by atoms with Gasteiger partial charge in [0.1, 0.15) is 41.4 Å². The maximum absolute atomic E-state index is 17.1. The lowest BCUT2D eigenvalue weighted by molar-refractivity contribution is -0.110. The van der Waals surface area contributed by atoms with Gasteiger partial charge in [0.15, 0.2) is 11.6 Å². The first kappa shape index (κ1) is 29.4. The van der Waals surface area contributed by atoms with Gasteiger partial charge in [0.25, 0.3) is 0 Å². The number of nitrogens with two attached hydrogens (primary N) is 1. The summed E-state index contributed by atoms with van der Waals surface area (Å²) in [6, 6.07) is 4.75. The molecule has 10 nitrogen and oxygen atoms in total. The van der Waals surface area contributed by atoms with E-state index in [4.69, 9.17) is 31.8 Å². The second kappa shape index (κ2) is 11.1. The van der Waals surface area contributed by atoms with Crippen molar-refractivity contribution < 1.29 is 23.0 Å². The molecule has 3 aliphatic heterocycles. The molecule has 3 fully saturated rings. The van der Waals surface area contributed by atoms with Gasteiger partial charge in [0, 0.05) is 23.0 Å². The van der Waals surface area contributed by atoms with Crippen LogP contribution in [0.3, 0.4) is 0 Å². The summed E-state index contributed by atoms with van der Waals surface area (Å²) in [5, 5.41) is 13.3. The summed E-state index contributed by atoms with van der Waals surface area (Å²) in [6.07, 6.45) is 6.31. The quantitative estimate of drug-likeness (QED) is 0.250. The molecule has 46 heavy (non-hydrogen) atoms. The molecule has 8 rings (SSSR count). The van der Waals surface area contributed by atoms with Gasteiger partial charge >= 0.3 is 6.01 Å². The van der Waals surface area contributed by atoms with Gasteiger partial charge in [0.05, 0.1) is 32.8 Å². The Bertz CT molecular complexity index is 1950. The number of benzene rings is 2.